The first-order valence-electron chi connectivity index (χ1n) is 4.10. The number of hydrogen-bond donors (Lipinski definition) is 1. The zero-order valence-electron chi connectivity index (χ0n) is 7.48. The molecule has 0 aliphatic heterocycles. The van der Waals surface area contributed by atoms with Gasteiger partial charge in [-0.25, -0.2) is 9.38 Å². The van der Waals surface area contributed by atoms with Crippen molar-refractivity contribution >= 4 is 34.9 Å². The highest BCUT2D eigenvalue weighted by Gasteiger charge is 1.97. The van der Waals surface area contributed by atoms with Crippen LogP contribution >= 0.6 is 23.6 Å². The first-order chi connectivity index (χ1) is 7.25. The Hall–Kier alpha value is -1.40. The molecule has 0 saturated heterocycles. The van der Waals surface area contributed by atoms with Crippen LogP contribution in [0.5, 0.6) is 0 Å². The largest absolute Gasteiger partial charge is 0.256 e. The second-order valence-corrected chi connectivity index (χ2v) is 4.32. The van der Waals surface area contributed by atoms with Crippen LogP contribution in [0.15, 0.2) is 29.3 Å². The van der Waals surface area contributed by atoms with Crippen LogP contribution in [0.25, 0.3) is 0 Å². The summed E-state index contributed by atoms with van der Waals surface area (Å²) in [7, 11) is 0. The first kappa shape index (κ1) is 10.1. The van der Waals surface area contributed by atoms with Crippen LogP contribution in [-0.4, -0.2) is 16.4 Å². The number of halogens is 1. The predicted molar refractivity (Wildman–Crippen MR) is 61.0 cm³/mol. The molecule has 0 spiro atoms. The molecule has 1 heterocycles. The molecule has 0 radical (unpaired) electrons. The van der Waals surface area contributed by atoms with E-state index in [2.05, 4.69) is 15.2 Å². The number of nitrogens with one attached hydrogen (secondary N) is 1. The lowest BCUT2D eigenvalue weighted by atomic mass is 10.2. The molecule has 0 unspecified atom stereocenters. The normalized spacial score (nSPS) is 11.0. The third kappa shape index (κ3) is 2.54. The van der Waals surface area contributed by atoms with E-state index in [1.807, 2.05) is 0 Å². The number of H-pyrrole nitrogens is 1. The van der Waals surface area contributed by atoms with Gasteiger partial charge in [-0.3, -0.25) is 5.10 Å². The number of nitrogens with zero attached hydrogens (tertiary/aromatic N) is 2. The van der Waals surface area contributed by atoms with Crippen molar-refractivity contribution in [3.05, 3.63) is 39.6 Å². The smallest absolute Gasteiger partial charge is 0.230 e. The molecule has 2 aromatic rings. The summed E-state index contributed by atoms with van der Waals surface area (Å²) in [5, 5.41) is 6.91. The highest BCUT2D eigenvalue weighted by molar-refractivity contribution is 7.73. The Kier molecular flexibility index (Phi) is 2.98. The average molecular weight is 239 g/mol. The van der Waals surface area contributed by atoms with E-state index in [-0.39, 0.29) is 5.82 Å². The summed E-state index contributed by atoms with van der Waals surface area (Å²) < 4.78 is 13.7. The van der Waals surface area contributed by atoms with Gasteiger partial charge in [-0.15, -0.1) is 5.10 Å². The molecule has 1 aromatic carbocycles. The number of aliphatic imine (C=N–C) groups is 1. The van der Waals surface area contributed by atoms with Gasteiger partial charge in [0.25, 0.3) is 0 Å². The molecule has 0 fully saturated rings. The summed E-state index contributed by atoms with van der Waals surface area (Å²) >= 11 is 6.08. The molecule has 0 aliphatic rings. The summed E-state index contributed by atoms with van der Waals surface area (Å²) in [5.74, 6) is -0.305. The van der Waals surface area contributed by atoms with Gasteiger partial charge in [0.2, 0.25) is 5.13 Å². The van der Waals surface area contributed by atoms with Crippen molar-refractivity contribution in [2.45, 2.75) is 0 Å². The molecule has 3 nitrogen and oxygen atoms in total. The lowest BCUT2D eigenvalue weighted by molar-refractivity contribution is 0.626. The van der Waals surface area contributed by atoms with Gasteiger partial charge in [0.15, 0.2) is 3.95 Å². The van der Waals surface area contributed by atoms with Gasteiger partial charge >= 0.3 is 0 Å². The SMILES string of the molecule is Fc1ccccc1/C=N/c1n[nH]c(=S)s1. The number of hydrogen-bond acceptors (Lipinski definition) is 4. The van der Waals surface area contributed by atoms with Crippen molar-refractivity contribution in [2.24, 2.45) is 4.99 Å². The molecule has 1 aromatic heterocycles. The lowest BCUT2D eigenvalue weighted by Gasteiger charge is -1.92. The van der Waals surface area contributed by atoms with Crippen molar-refractivity contribution in [3.63, 3.8) is 0 Å². The van der Waals surface area contributed by atoms with E-state index >= 15 is 0 Å². The predicted octanol–water partition coefficient (Wildman–Crippen LogP) is 3.09. The minimum absolute atomic E-state index is 0.305. The summed E-state index contributed by atoms with van der Waals surface area (Å²) in [4.78, 5) is 4.00. The van der Waals surface area contributed by atoms with Crippen LogP contribution in [0.4, 0.5) is 9.52 Å². The third-order valence-corrected chi connectivity index (χ3v) is 2.64. The highest BCUT2D eigenvalue weighted by Crippen LogP contribution is 2.15. The van der Waals surface area contributed by atoms with Crippen molar-refractivity contribution in [1.29, 1.82) is 0 Å². The van der Waals surface area contributed by atoms with Crippen molar-refractivity contribution in [3.8, 4) is 0 Å². The minimum atomic E-state index is -0.305. The quantitative estimate of drug-likeness (QED) is 0.646. The van der Waals surface area contributed by atoms with Gasteiger partial charge in [-0.1, -0.05) is 29.5 Å². The van der Waals surface area contributed by atoms with E-state index in [1.54, 1.807) is 18.2 Å². The van der Waals surface area contributed by atoms with E-state index in [0.717, 1.165) is 0 Å². The van der Waals surface area contributed by atoms with E-state index in [1.165, 1.54) is 23.6 Å². The number of rotatable bonds is 2. The van der Waals surface area contributed by atoms with Crippen LogP contribution in [0, 0.1) is 9.77 Å². The molecular formula is C9H6FN3S2. The Balaban J connectivity index is 2.26. The topological polar surface area (TPSA) is 41.0 Å². The maximum atomic E-state index is 13.2. The maximum Gasteiger partial charge on any atom is 0.230 e. The maximum absolute atomic E-state index is 13.2. The average Bonchev–Trinajstić information content (AvgIpc) is 2.63. The van der Waals surface area contributed by atoms with E-state index in [9.17, 15) is 4.39 Å². The van der Waals surface area contributed by atoms with Crippen molar-refractivity contribution in [1.82, 2.24) is 10.2 Å². The number of aromatic amines is 1. The van der Waals surface area contributed by atoms with E-state index in [0.29, 0.717) is 14.6 Å². The van der Waals surface area contributed by atoms with Crippen LogP contribution in [0.3, 0.4) is 0 Å². The zero-order chi connectivity index (χ0) is 10.7. The highest BCUT2D eigenvalue weighted by atomic mass is 32.1. The molecule has 6 heteroatoms. The molecule has 2 rings (SSSR count). The Labute approximate surface area is 94.3 Å². The molecule has 1 N–H and O–H groups in total. The van der Waals surface area contributed by atoms with Crippen LogP contribution in [-0.2, 0) is 0 Å². The fraction of sp³-hybridized carbons (Fsp3) is 0. The summed E-state index contributed by atoms with van der Waals surface area (Å²) in [6.45, 7) is 0. The van der Waals surface area contributed by atoms with E-state index in [4.69, 9.17) is 12.2 Å². The number of benzene rings is 1. The first-order valence-corrected chi connectivity index (χ1v) is 5.32. The zero-order valence-corrected chi connectivity index (χ0v) is 9.11. The van der Waals surface area contributed by atoms with E-state index < -0.39 is 0 Å². The van der Waals surface area contributed by atoms with Crippen LogP contribution in [0.2, 0.25) is 0 Å². The minimum Gasteiger partial charge on any atom is -0.256 e. The van der Waals surface area contributed by atoms with Gasteiger partial charge in [0.05, 0.1) is 0 Å². The Bertz CT molecular complexity index is 544. The standard InChI is InChI=1S/C9H6FN3S2/c10-7-4-2-1-3-6(7)5-11-8-12-13-9(14)15-8/h1-5H,(H,13,14)/b11-5+. The second kappa shape index (κ2) is 4.41. The van der Waals surface area contributed by atoms with Crippen molar-refractivity contribution in [2.75, 3.05) is 0 Å². The molecule has 15 heavy (non-hydrogen) atoms. The van der Waals surface area contributed by atoms with Crippen molar-refractivity contribution < 1.29 is 4.39 Å². The van der Waals surface area contributed by atoms with Gasteiger partial charge in [-0.2, -0.15) is 0 Å². The Morgan fingerprint density at radius 3 is 2.93 bits per heavy atom. The molecular weight excluding hydrogens is 233 g/mol. The van der Waals surface area contributed by atoms with Crippen LogP contribution in [0.1, 0.15) is 5.56 Å². The molecule has 0 saturated carbocycles. The molecule has 0 amide bonds. The van der Waals surface area contributed by atoms with Gasteiger partial charge in [0.1, 0.15) is 5.82 Å². The monoisotopic (exact) mass is 239 g/mol. The molecule has 0 aliphatic carbocycles. The van der Waals surface area contributed by atoms with Gasteiger partial charge in [0, 0.05) is 11.8 Å². The second-order valence-electron chi connectivity index (χ2n) is 2.68. The summed E-state index contributed by atoms with van der Waals surface area (Å²) in [6, 6.07) is 6.40. The molecule has 0 bridgehead atoms. The Morgan fingerprint density at radius 2 is 2.27 bits per heavy atom. The Morgan fingerprint density at radius 1 is 1.47 bits per heavy atom. The summed E-state index contributed by atoms with van der Waals surface area (Å²) in [6.07, 6.45) is 1.43. The number of aromatic nitrogens is 2. The summed E-state index contributed by atoms with van der Waals surface area (Å²) in [5.41, 5.74) is 0.429. The molecule has 0 atom stereocenters. The molecule has 76 valence electrons. The fourth-order valence-electron chi connectivity index (χ4n) is 0.982. The third-order valence-electron chi connectivity index (χ3n) is 1.65. The van der Waals surface area contributed by atoms with Crippen LogP contribution < -0.4 is 0 Å². The lowest BCUT2D eigenvalue weighted by Crippen LogP contribution is -1.85. The fourth-order valence-corrected chi connectivity index (χ4v) is 1.70. The van der Waals surface area contributed by atoms with Gasteiger partial charge in [-0.05, 0) is 18.3 Å². The van der Waals surface area contributed by atoms with Gasteiger partial charge < -0.3 is 0 Å².